The molecule has 0 radical (unpaired) electrons. The van der Waals surface area contributed by atoms with Crippen molar-refractivity contribution in [2.75, 3.05) is 30.5 Å². The van der Waals surface area contributed by atoms with Gasteiger partial charge in [-0.1, -0.05) is 19.1 Å². The maximum absolute atomic E-state index is 15.7. The van der Waals surface area contributed by atoms with Crippen molar-refractivity contribution in [2.45, 2.75) is 69.1 Å². The molecule has 2 aromatic rings. The van der Waals surface area contributed by atoms with Gasteiger partial charge in [0, 0.05) is 29.3 Å². The Balaban J connectivity index is 1.45. The summed E-state index contributed by atoms with van der Waals surface area (Å²) in [6.45, 7) is 6.20. The average molecular weight is 556 g/mol. The highest BCUT2D eigenvalue weighted by atomic mass is 28.4. The van der Waals surface area contributed by atoms with Gasteiger partial charge in [0.25, 0.3) is 5.91 Å². The van der Waals surface area contributed by atoms with E-state index in [0.29, 0.717) is 29.2 Å². The number of benzene rings is 2. The zero-order valence-electron chi connectivity index (χ0n) is 23.0. The molecule has 3 aliphatic rings. The molecule has 5 atom stereocenters. The smallest absolute Gasteiger partial charge is 0.264 e. The van der Waals surface area contributed by atoms with E-state index in [9.17, 15) is 14.7 Å². The molecule has 210 valence electrons. The third-order valence-electron chi connectivity index (χ3n) is 8.52. The average Bonchev–Trinajstić information content (AvgIpc) is 3.59. The van der Waals surface area contributed by atoms with Crippen LogP contribution in [0, 0.1) is 5.92 Å². The molecule has 3 aliphatic heterocycles. The molecule has 5 rings (SSSR count). The summed E-state index contributed by atoms with van der Waals surface area (Å²) in [5.41, 5.74) is 1.16. The molecule has 10 heteroatoms. The van der Waals surface area contributed by atoms with Crippen molar-refractivity contribution < 1.29 is 28.3 Å². The molecule has 3 N–H and O–H groups in total. The normalized spacial score (nSPS) is 28.3. The summed E-state index contributed by atoms with van der Waals surface area (Å²) in [5, 5.41) is 15.9. The van der Waals surface area contributed by atoms with Crippen LogP contribution in [0.15, 0.2) is 42.5 Å². The summed E-state index contributed by atoms with van der Waals surface area (Å²) in [7, 11) is -1.69. The van der Waals surface area contributed by atoms with Crippen LogP contribution in [0.3, 0.4) is 0 Å². The van der Waals surface area contributed by atoms with Gasteiger partial charge in [0.2, 0.25) is 14.3 Å². The molecular weight excluding hydrogens is 517 g/mol. The molecule has 2 aromatic carbocycles. The van der Waals surface area contributed by atoms with E-state index in [-0.39, 0.29) is 30.9 Å². The monoisotopic (exact) mass is 555 g/mol. The molecule has 0 aliphatic carbocycles. The van der Waals surface area contributed by atoms with Gasteiger partial charge in [0.15, 0.2) is 5.60 Å². The standard InChI is InChI=1S/C29H38FN3O5Si/c1-18-26(39(3,4)30)25(13-15-34)38-29(18)22-16-21(37-2)11-12-24(22)33(28(29)36)17-19-7-9-20(10-8-19)32-27(35)23-6-5-14-31-23/h7-12,16,18,23,25-26,31,34H,5-6,13-15,17H2,1-4H3,(H,32,35)/t18-,23-,25+,26-,29+/m1/s1. The molecule has 0 saturated carbocycles. The minimum absolute atomic E-state index is 0.0431. The number of carbonyl (C=O) groups is 2. The molecule has 8 nitrogen and oxygen atoms in total. The van der Waals surface area contributed by atoms with Gasteiger partial charge < -0.3 is 34.2 Å². The van der Waals surface area contributed by atoms with Gasteiger partial charge in [-0.25, -0.2) is 0 Å². The molecule has 0 aromatic heterocycles. The lowest BCUT2D eigenvalue weighted by Crippen LogP contribution is -2.45. The van der Waals surface area contributed by atoms with Gasteiger partial charge in [-0.3, -0.25) is 9.59 Å². The van der Waals surface area contributed by atoms with Gasteiger partial charge in [-0.05, 0) is 74.8 Å². The SMILES string of the molecule is COc1ccc2c(c1)[C@]1(O[C@@H](CCO)[C@H]([Si](C)(C)F)[C@H]1C)C(=O)N2Cc1ccc(NC(=O)[C@H]2CCCN2)cc1. The number of hydrogen-bond donors (Lipinski definition) is 3. The van der Waals surface area contributed by atoms with Crippen LogP contribution in [-0.4, -0.2) is 57.7 Å². The Bertz CT molecular complexity index is 1230. The number of aliphatic hydroxyl groups excluding tert-OH is 1. The Kier molecular flexibility index (Phi) is 7.58. The Labute approximate surface area is 230 Å². The first-order valence-electron chi connectivity index (χ1n) is 13.7. The summed E-state index contributed by atoms with van der Waals surface area (Å²) in [6.07, 6.45) is 1.53. The highest BCUT2D eigenvalue weighted by molar-refractivity contribution is 6.72. The third-order valence-corrected chi connectivity index (χ3v) is 11.0. The molecule has 1 spiro atoms. The van der Waals surface area contributed by atoms with Crippen LogP contribution in [0.4, 0.5) is 15.5 Å². The number of ether oxygens (including phenoxy) is 2. The van der Waals surface area contributed by atoms with Crippen molar-refractivity contribution in [3.63, 3.8) is 0 Å². The minimum atomic E-state index is -3.26. The van der Waals surface area contributed by atoms with Crippen LogP contribution < -0.4 is 20.3 Å². The number of nitrogens with one attached hydrogen (secondary N) is 2. The van der Waals surface area contributed by atoms with Crippen molar-refractivity contribution >= 4 is 31.6 Å². The van der Waals surface area contributed by atoms with Gasteiger partial charge in [-0.2, -0.15) is 0 Å². The second-order valence-electron chi connectivity index (χ2n) is 11.4. The fourth-order valence-electron chi connectivity index (χ4n) is 6.72. The van der Waals surface area contributed by atoms with Crippen molar-refractivity contribution in [3.05, 3.63) is 53.6 Å². The molecule has 3 heterocycles. The van der Waals surface area contributed by atoms with Gasteiger partial charge in [-0.15, -0.1) is 0 Å². The number of nitrogens with zero attached hydrogens (tertiary/aromatic N) is 1. The number of rotatable bonds is 8. The lowest BCUT2D eigenvalue weighted by atomic mass is 9.82. The Hall–Kier alpha value is -2.79. The number of anilines is 2. The predicted octanol–water partition coefficient (Wildman–Crippen LogP) is 4.09. The van der Waals surface area contributed by atoms with Crippen LogP contribution in [0.5, 0.6) is 5.75 Å². The zero-order chi connectivity index (χ0) is 27.9. The Morgan fingerprint density at radius 2 is 2.03 bits per heavy atom. The number of halogens is 1. The number of aliphatic hydroxyl groups is 1. The van der Waals surface area contributed by atoms with Crippen molar-refractivity contribution in [3.8, 4) is 5.75 Å². The predicted molar refractivity (Wildman–Crippen MR) is 150 cm³/mol. The summed E-state index contributed by atoms with van der Waals surface area (Å²) in [4.78, 5) is 28.5. The number of hydrogen-bond acceptors (Lipinski definition) is 6. The molecular formula is C29H38FN3O5Si. The molecule has 2 amide bonds. The molecule has 0 bridgehead atoms. The van der Waals surface area contributed by atoms with Gasteiger partial charge >= 0.3 is 0 Å². The maximum atomic E-state index is 15.7. The second kappa shape index (κ2) is 10.6. The quantitative estimate of drug-likeness (QED) is 0.335. The van der Waals surface area contributed by atoms with Crippen molar-refractivity contribution in [1.29, 1.82) is 0 Å². The van der Waals surface area contributed by atoms with E-state index in [1.165, 1.54) is 0 Å². The van der Waals surface area contributed by atoms with E-state index in [1.54, 1.807) is 25.1 Å². The maximum Gasteiger partial charge on any atom is 0.264 e. The number of amides is 2. The first-order chi connectivity index (χ1) is 18.6. The van der Waals surface area contributed by atoms with Crippen molar-refractivity contribution in [2.24, 2.45) is 5.92 Å². The lowest BCUT2D eigenvalue weighted by molar-refractivity contribution is -0.146. The number of fused-ring (bicyclic) bond motifs is 2. The second-order valence-corrected chi connectivity index (χ2v) is 15.2. The van der Waals surface area contributed by atoms with Crippen LogP contribution in [-0.2, 0) is 26.5 Å². The van der Waals surface area contributed by atoms with E-state index in [1.807, 2.05) is 49.4 Å². The van der Waals surface area contributed by atoms with Gasteiger partial charge in [0.05, 0.1) is 31.5 Å². The zero-order valence-corrected chi connectivity index (χ0v) is 24.0. The Morgan fingerprint density at radius 1 is 1.28 bits per heavy atom. The highest BCUT2D eigenvalue weighted by Gasteiger charge is 2.66. The minimum Gasteiger partial charge on any atom is -0.497 e. The van der Waals surface area contributed by atoms with Crippen LogP contribution in [0.2, 0.25) is 18.6 Å². The van der Waals surface area contributed by atoms with Crippen molar-refractivity contribution in [1.82, 2.24) is 5.32 Å². The molecule has 0 unspecified atom stereocenters. The van der Waals surface area contributed by atoms with E-state index < -0.39 is 31.6 Å². The molecule has 2 fully saturated rings. The number of methoxy groups -OCH3 is 1. The summed E-state index contributed by atoms with van der Waals surface area (Å²) < 4.78 is 27.7. The lowest BCUT2D eigenvalue weighted by Gasteiger charge is -2.31. The summed E-state index contributed by atoms with van der Waals surface area (Å²) in [6, 6.07) is 12.8. The van der Waals surface area contributed by atoms with Crippen LogP contribution in [0.25, 0.3) is 0 Å². The highest BCUT2D eigenvalue weighted by Crippen LogP contribution is 2.60. The van der Waals surface area contributed by atoms with Crippen LogP contribution >= 0.6 is 0 Å². The van der Waals surface area contributed by atoms with Crippen LogP contribution in [0.1, 0.15) is 37.3 Å². The topological polar surface area (TPSA) is 100 Å². The largest absolute Gasteiger partial charge is 0.497 e. The Morgan fingerprint density at radius 3 is 2.64 bits per heavy atom. The summed E-state index contributed by atoms with van der Waals surface area (Å²) >= 11 is 0. The van der Waals surface area contributed by atoms with Gasteiger partial charge in [0.1, 0.15) is 5.75 Å². The number of carbonyl (C=O) groups excluding carboxylic acids is 2. The fraction of sp³-hybridized carbons (Fsp3) is 0.517. The first-order valence-corrected chi connectivity index (χ1v) is 16.7. The third kappa shape index (κ3) is 4.88. The fourth-order valence-corrected chi connectivity index (χ4v) is 9.26. The van der Waals surface area contributed by atoms with E-state index >= 15 is 4.11 Å². The van der Waals surface area contributed by atoms with E-state index in [4.69, 9.17) is 9.47 Å². The molecule has 2 saturated heterocycles. The first kappa shape index (κ1) is 27.8. The summed E-state index contributed by atoms with van der Waals surface area (Å²) in [5.74, 6) is -0.106. The van der Waals surface area contributed by atoms with E-state index in [0.717, 1.165) is 24.9 Å². The molecule has 39 heavy (non-hydrogen) atoms. The van der Waals surface area contributed by atoms with E-state index in [2.05, 4.69) is 10.6 Å².